The third kappa shape index (κ3) is 3.18. The van der Waals surface area contributed by atoms with Gasteiger partial charge >= 0.3 is 0 Å². The lowest BCUT2D eigenvalue weighted by molar-refractivity contribution is 0.715. The molecule has 3 aromatic rings. The molecule has 0 aliphatic carbocycles. The maximum Gasteiger partial charge on any atom is 0.192 e. The summed E-state index contributed by atoms with van der Waals surface area (Å²) < 4.78 is 2.06. The van der Waals surface area contributed by atoms with Crippen LogP contribution in [0, 0.1) is 11.3 Å². The predicted octanol–water partition coefficient (Wildman–Crippen LogP) is 3.61. The fourth-order valence-corrected chi connectivity index (χ4v) is 2.80. The van der Waals surface area contributed by atoms with E-state index in [2.05, 4.69) is 33.0 Å². The van der Waals surface area contributed by atoms with E-state index in [-0.39, 0.29) is 0 Å². The molecule has 0 fully saturated rings. The van der Waals surface area contributed by atoms with Gasteiger partial charge in [0.2, 0.25) is 0 Å². The summed E-state index contributed by atoms with van der Waals surface area (Å²) in [5.74, 6) is 1.19. The van der Waals surface area contributed by atoms with Crippen LogP contribution in [-0.4, -0.2) is 20.5 Å². The highest BCUT2D eigenvalue weighted by atomic mass is 32.2. The Kier molecular flexibility index (Phi) is 4.52. The van der Waals surface area contributed by atoms with E-state index in [0.29, 0.717) is 12.3 Å². The first-order valence-electron chi connectivity index (χ1n) is 6.91. The minimum atomic E-state index is 0.363. The fraction of sp³-hybridized carbons (Fsp3) is 0.118. The van der Waals surface area contributed by atoms with Crippen LogP contribution in [0.1, 0.15) is 5.56 Å². The van der Waals surface area contributed by atoms with Gasteiger partial charge in [-0.15, -0.1) is 10.2 Å². The van der Waals surface area contributed by atoms with E-state index in [4.69, 9.17) is 5.26 Å². The topological polar surface area (TPSA) is 54.5 Å². The van der Waals surface area contributed by atoms with Crippen molar-refractivity contribution in [3.8, 4) is 17.5 Å². The van der Waals surface area contributed by atoms with Gasteiger partial charge in [0.05, 0.1) is 18.4 Å². The molecule has 22 heavy (non-hydrogen) atoms. The molecule has 108 valence electrons. The van der Waals surface area contributed by atoms with E-state index in [1.54, 1.807) is 0 Å². The molecule has 0 aliphatic rings. The molecule has 0 spiro atoms. The van der Waals surface area contributed by atoms with Crippen LogP contribution in [0.2, 0.25) is 0 Å². The molecule has 2 aromatic carbocycles. The maximum atomic E-state index is 8.80. The summed E-state index contributed by atoms with van der Waals surface area (Å²) >= 11 is 1.41. The Morgan fingerprint density at radius 2 is 1.64 bits per heavy atom. The SMILES string of the molecule is N#CCSc1nnc(-c2ccccc2)n1Cc1ccccc1. The molecule has 1 aromatic heterocycles. The van der Waals surface area contributed by atoms with E-state index in [9.17, 15) is 0 Å². The van der Waals surface area contributed by atoms with Gasteiger partial charge in [0, 0.05) is 5.56 Å². The monoisotopic (exact) mass is 306 g/mol. The minimum Gasteiger partial charge on any atom is -0.298 e. The van der Waals surface area contributed by atoms with Crippen LogP contribution in [0.3, 0.4) is 0 Å². The second kappa shape index (κ2) is 6.92. The molecule has 0 aliphatic heterocycles. The molecule has 3 rings (SSSR count). The Hall–Kier alpha value is -2.58. The van der Waals surface area contributed by atoms with Gasteiger partial charge in [-0.25, -0.2) is 0 Å². The van der Waals surface area contributed by atoms with Crippen molar-refractivity contribution in [1.29, 1.82) is 5.26 Å². The van der Waals surface area contributed by atoms with Crippen LogP contribution in [0.5, 0.6) is 0 Å². The highest BCUT2D eigenvalue weighted by molar-refractivity contribution is 7.99. The van der Waals surface area contributed by atoms with Crippen molar-refractivity contribution >= 4 is 11.8 Å². The summed E-state index contributed by atoms with van der Waals surface area (Å²) in [5, 5.41) is 18.1. The van der Waals surface area contributed by atoms with Crippen molar-refractivity contribution in [2.75, 3.05) is 5.75 Å². The zero-order valence-corrected chi connectivity index (χ0v) is 12.7. The number of aromatic nitrogens is 3. The van der Waals surface area contributed by atoms with Gasteiger partial charge in [0.25, 0.3) is 0 Å². The number of thioether (sulfide) groups is 1. The molecule has 0 N–H and O–H groups in total. The van der Waals surface area contributed by atoms with E-state index < -0.39 is 0 Å². The molecular weight excluding hydrogens is 292 g/mol. The second-order valence-electron chi connectivity index (χ2n) is 4.69. The van der Waals surface area contributed by atoms with Crippen molar-refractivity contribution in [1.82, 2.24) is 14.8 Å². The molecule has 5 heteroatoms. The molecule has 0 saturated heterocycles. The van der Waals surface area contributed by atoms with Gasteiger partial charge in [-0.1, -0.05) is 72.4 Å². The Morgan fingerprint density at radius 3 is 2.32 bits per heavy atom. The van der Waals surface area contributed by atoms with E-state index in [0.717, 1.165) is 16.5 Å². The lowest BCUT2D eigenvalue weighted by Crippen LogP contribution is -2.04. The number of nitrogens with zero attached hydrogens (tertiary/aromatic N) is 4. The first-order chi connectivity index (χ1) is 10.9. The summed E-state index contributed by atoms with van der Waals surface area (Å²) in [5.41, 5.74) is 2.20. The average Bonchev–Trinajstić information content (AvgIpc) is 2.97. The largest absolute Gasteiger partial charge is 0.298 e. The number of hydrogen-bond donors (Lipinski definition) is 0. The standard InChI is InChI=1S/C17H14N4S/c18-11-12-22-17-20-19-16(15-9-5-2-6-10-15)21(17)13-14-7-3-1-4-8-14/h1-10H,12-13H2. The van der Waals surface area contributed by atoms with Crippen LogP contribution < -0.4 is 0 Å². The van der Waals surface area contributed by atoms with Crippen LogP contribution in [-0.2, 0) is 6.54 Å². The van der Waals surface area contributed by atoms with Crippen LogP contribution in [0.15, 0.2) is 65.8 Å². The summed E-state index contributed by atoms with van der Waals surface area (Å²) in [4.78, 5) is 0. The quantitative estimate of drug-likeness (QED) is 0.676. The Morgan fingerprint density at radius 1 is 0.955 bits per heavy atom. The third-order valence-electron chi connectivity index (χ3n) is 3.20. The normalized spacial score (nSPS) is 10.3. The van der Waals surface area contributed by atoms with Gasteiger partial charge in [-0.05, 0) is 5.56 Å². The van der Waals surface area contributed by atoms with E-state index in [1.165, 1.54) is 17.3 Å². The first-order valence-corrected chi connectivity index (χ1v) is 7.89. The van der Waals surface area contributed by atoms with Gasteiger partial charge in [0.15, 0.2) is 11.0 Å². The van der Waals surface area contributed by atoms with Gasteiger partial charge < -0.3 is 0 Å². The highest BCUT2D eigenvalue weighted by Gasteiger charge is 2.14. The summed E-state index contributed by atoms with van der Waals surface area (Å²) in [6.07, 6.45) is 0. The Bertz CT molecular complexity index is 775. The van der Waals surface area contributed by atoms with Gasteiger partial charge in [-0.2, -0.15) is 5.26 Å². The van der Waals surface area contributed by atoms with Crippen LogP contribution >= 0.6 is 11.8 Å². The van der Waals surface area contributed by atoms with Crippen LogP contribution in [0.4, 0.5) is 0 Å². The smallest absolute Gasteiger partial charge is 0.192 e. The molecule has 0 atom stereocenters. The molecule has 0 radical (unpaired) electrons. The number of hydrogen-bond acceptors (Lipinski definition) is 4. The molecule has 4 nitrogen and oxygen atoms in total. The molecule has 0 bridgehead atoms. The third-order valence-corrected chi connectivity index (χ3v) is 4.03. The Balaban J connectivity index is 2.00. The molecule has 0 saturated carbocycles. The van der Waals surface area contributed by atoms with Crippen LogP contribution in [0.25, 0.3) is 11.4 Å². The zero-order chi connectivity index (χ0) is 15.2. The van der Waals surface area contributed by atoms with Crippen molar-refractivity contribution in [3.05, 3.63) is 66.2 Å². The maximum absolute atomic E-state index is 8.80. The molecular formula is C17H14N4S. The summed E-state index contributed by atoms with van der Waals surface area (Å²) in [7, 11) is 0. The van der Waals surface area contributed by atoms with Crippen molar-refractivity contribution in [2.24, 2.45) is 0 Å². The number of rotatable bonds is 5. The average molecular weight is 306 g/mol. The Labute approximate surface area is 133 Å². The zero-order valence-electron chi connectivity index (χ0n) is 11.9. The number of nitriles is 1. The lowest BCUT2D eigenvalue weighted by atomic mass is 10.2. The molecule has 0 unspecified atom stereocenters. The molecule has 0 amide bonds. The van der Waals surface area contributed by atoms with Crippen molar-refractivity contribution in [3.63, 3.8) is 0 Å². The minimum absolute atomic E-state index is 0.363. The number of benzene rings is 2. The molecule has 1 heterocycles. The summed E-state index contributed by atoms with van der Waals surface area (Å²) in [6, 6.07) is 22.3. The first kappa shape index (κ1) is 14.4. The summed E-state index contributed by atoms with van der Waals surface area (Å²) in [6.45, 7) is 0.686. The van der Waals surface area contributed by atoms with E-state index in [1.807, 2.05) is 48.5 Å². The van der Waals surface area contributed by atoms with Crippen molar-refractivity contribution in [2.45, 2.75) is 11.7 Å². The van der Waals surface area contributed by atoms with E-state index >= 15 is 0 Å². The fourth-order valence-electron chi connectivity index (χ4n) is 2.20. The predicted molar refractivity (Wildman–Crippen MR) is 87.3 cm³/mol. The second-order valence-corrected chi connectivity index (χ2v) is 5.63. The highest BCUT2D eigenvalue weighted by Crippen LogP contribution is 2.24. The van der Waals surface area contributed by atoms with Crippen molar-refractivity contribution < 1.29 is 0 Å². The lowest BCUT2D eigenvalue weighted by Gasteiger charge is -2.09. The van der Waals surface area contributed by atoms with Gasteiger partial charge in [-0.3, -0.25) is 4.57 Å². The van der Waals surface area contributed by atoms with Gasteiger partial charge in [0.1, 0.15) is 0 Å².